The number of hydrogen-bond donors (Lipinski definition) is 2. The molecule has 0 bridgehead atoms. The number of anilines is 1. The van der Waals surface area contributed by atoms with Crippen molar-refractivity contribution in [2.45, 2.75) is 57.9 Å². The molecule has 1 fully saturated rings. The Morgan fingerprint density at radius 2 is 1.82 bits per heavy atom. The summed E-state index contributed by atoms with van der Waals surface area (Å²) in [5.41, 5.74) is 1.71. The molecule has 1 saturated carbocycles. The zero-order valence-corrected chi connectivity index (χ0v) is 14.5. The standard InChI is InChI=1S/C17H23BrN2O2/c1-12-10-13(18)8-9-15(12)20-17(22)11-16(21)19-14-6-4-2-3-5-7-14/h8-10,14H,2-7,11H2,1H3,(H,19,21)(H,20,22). The number of benzene rings is 1. The Hall–Kier alpha value is -1.36. The van der Waals surface area contributed by atoms with Crippen LogP contribution in [0.25, 0.3) is 0 Å². The Balaban J connectivity index is 1.81. The van der Waals surface area contributed by atoms with Gasteiger partial charge in [-0.2, -0.15) is 0 Å². The van der Waals surface area contributed by atoms with Gasteiger partial charge >= 0.3 is 0 Å². The molecule has 5 heteroatoms. The molecule has 1 aliphatic rings. The number of amides is 2. The molecule has 0 aliphatic heterocycles. The summed E-state index contributed by atoms with van der Waals surface area (Å²) in [6, 6.07) is 5.87. The maximum atomic E-state index is 12.0. The van der Waals surface area contributed by atoms with Gasteiger partial charge in [-0.25, -0.2) is 0 Å². The molecule has 0 radical (unpaired) electrons. The highest BCUT2D eigenvalue weighted by Crippen LogP contribution is 2.20. The minimum atomic E-state index is -0.267. The number of rotatable bonds is 4. The van der Waals surface area contributed by atoms with Crippen LogP contribution in [0.2, 0.25) is 0 Å². The molecule has 120 valence electrons. The zero-order chi connectivity index (χ0) is 15.9. The van der Waals surface area contributed by atoms with Gasteiger partial charge in [0.15, 0.2) is 0 Å². The van der Waals surface area contributed by atoms with Gasteiger partial charge in [0.05, 0.1) is 0 Å². The molecule has 0 spiro atoms. The summed E-state index contributed by atoms with van der Waals surface area (Å²) in [6.45, 7) is 1.92. The van der Waals surface area contributed by atoms with Crippen LogP contribution in [0.15, 0.2) is 22.7 Å². The lowest BCUT2D eigenvalue weighted by molar-refractivity contribution is -0.127. The van der Waals surface area contributed by atoms with Crippen LogP contribution in [0.1, 0.15) is 50.5 Å². The van der Waals surface area contributed by atoms with E-state index in [2.05, 4.69) is 26.6 Å². The topological polar surface area (TPSA) is 58.2 Å². The van der Waals surface area contributed by atoms with Crippen molar-refractivity contribution in [2.75, 3.05) is 5.32 Å². The third-order valence-electron chi connectivity index (χ3n) is 4.00. The molecule has 0 aromatic heterocycles. The van der Waals surface area contributed by atoms with Crippen molar-refractivity contribution in [2.24, 2.45) is 0 Å². The molecule has 4 nitrogen and oxygen atoms in total. The van der Waals surface area contributed by atoms with Crippen molar-refractivity contribution in [1.29, 1.82) is 0 Å². The molecule has 1 aromatic rings. The number of carbonyl (C=O) groups is 2. The zero-order valence-electron chi connectivity index (χ0n) is 13.0. The minimum Gasteiger partial charge on any atom is -0.353 e. The molecule has 2 rings (SSSR count). The second kappa shape index (κ2) is 8.32. The van der Waals surface area contributed by atoms with Gasteiger partial charge < -0.3 is 10.6 Å². The molecule has 0 atom stereocenters. The Kier molecular flexibility index (Phi) is 6.43. The predicted octanol–water partition coefficient (Wildman–Crippen LogP) is 3.93. The van der Waals surface area contributed by atoms with E-state index >= 15 is 0 Å². The number of nitrogens with one attached hydrogen (secondary N) is 2. The first-order valence-electron chi connectivity index (χ1n) is 7.90. The highest BCUT2D eigenvalue weighted by Gasteiger charge is 2.17. The Morgan fingerprint density at radius 1 is 1.14 bits per heavy atom. The van der Waals surface area contributed by atoms with Crippen molar-refractivity contribution in [1.82, 2.24) is 5.32 Å². The van der Waals surface area contributed by atoms with E-state index in [1.807, 2.05) is 25.1 Å². The quantitative estimate of drug-likeness (QED) is 0.626. The highest BCUT2D eigenvalue weighted by molar-refractivity contribution is 9.10. The summed E-state index contributed by atoms with van der Waals surface area (Å²) < 4.78 is 0.967. The smallest absolute Gasteiger partial charge is 0.233 e. The predicted molar refractivity (Wildman–Crippen MR) is 91.8 cm³/mol. The van der Waals surface area contributed by atoms with Crippen LogP contribution < -0.4 is 10.6 Å². The lowest BCUT2D eigenvalue weighted by Crippen LogP contribution is -2.36. The third kappa shape index (κ3) is 5.44. The number of carbonyl (C=O) groups excluding carboxylic acids is 2. The number of aryl methyl sites for hydroxylation is 1. The van der Waals surface area contributed by atoms with E-state index in [1.54, 1.807) is 0 Å². The van der Waals surface area contributed by atoms with E-state index in [-0.39, 0.29) is 24.3 Å². The lowest BCUT2D eigenvalue weighted by atomic mass is 10.1. The number of hydrogen-bond acceptors (Lipinski definition) is 2. The Morgan fingerprint density at radius 3 is 2.45 bits per heavy atom. The van der Waals surface area contributed by atoms with Crippen molar-refractivity contribution >= 4 is 33.4 Å². The Bertz CT molecular complexity index is 537. The second-order valence-corrected chi connectivity index (χ2v) is 6.86. The molecule has 0 heterocycles. The van der Waals surface area contributed by atoms with E-state index in [0.29, 0.717) is 0 Å². The summed E-state index contributed by atoms with van der Waals surface area (Å²) >= 11 is 3.39. The minimum absolute atomic E-state index is 0.119. The van der Waals surface area contributed by atoms with Crippen molar-refractivity contribution in [3.05, 3.63) is 28.2 Å². The van der Waals surface area contributed by atoms with E-state index < -0.39 is 0 Å². The van der Waals surface area contributed by atoms with Gasteiger partial charge in [0.2, 0.25) is 11.8 Å². The molecule has 2 N–H and O–H groups in total. The monoisotopic (exact) mass is 366 g/mol. The maximum Gasteiger partial charge on any atom is 0.233 e. The molecule has 0 unspecified atom stereocenters. The van der Waals surface area contributed by atoms with Crippen LogP contribution in [-0.2, 0) is 9.59 Å². The van der Waals surface area contributed by atoms with E-state index in [0.717, 1.165) is 41.4 Å². The average molecular weight is 367 g/mol. The summed E-state index contributed by atoms with van der Waals surface area (Å²) in [5.74, 6) is -0.448. The van der Waals surface area contributed by atoms with Crippen LogP contribution in [0.4, 0.5) is 5.69 Å². The van der Waals surface area contributed by atoms with E-state index in [4.69, 9.17) is 0 Å². The van der Waals surface area contributed by atoms with Crippen LogP contribution in [-0.4, -0.2) is 17.9 Å². The van der Waals surface area contributed by atoms with Gasteiger partial charge in [-0.05, 0) is 43.5 Å². The van der Waals surface area contributed by atoms with Crippen molar-refractivity contribution in [3.63, 3.8) is 0 Å². The SMILES string of the molecule is Cc1cc(Br)ccc1NC(=O)CC(=O)NC1CCCCCC1. The molecular formula is C17H23BrN2O2. The fourth-order valence-electron chi connectivity index (χ4n) is 2.81. The first kappa shape index (κ1) is 17.0. The Labute approximate surface area is 140 Å². The first-order valence-corrected chi connectivity index (χ1v) is 8.69. The van der Waals surface area contributed by atoms with E-state index in [1.165, 1.54) is 12.8 Å². The molecule has 0 saturated heterocycles. The van der Waals surface area contributed by atoms with Crippen molar-refractivity contribution < 1.29 is 9.59 Å². The molecular weight excluding hydrogens is 344 g/mol. The molecule has 22 heavy (non-hydrogen) atoms. The summed E-state index contributed by atoms with van der Waals surface area (Å²) in [7, 11) is 0. The summed E-state index contributed by atoms with van der Waals surface area (Å²) in [5, 5.41) is 5.79. The van der Waals surface area contributed by atoms with Gasteiger partial charge in [-0.15, -0.1) is 0 Å². The van der Waals surface area contributed by atoms with Crippen LogP contribution in [0.5, 0.6) is 0 Å². The van der Waals surface area contributed by atoms with Gasteiger partial charge in [0, 0.05) is 16.2 Å². The normalized spacial score (nSPS) is 15.9. The molecule has 2 amide bonds. The maximum absolute atomic E-state index is 12.0. The fourth-order valence-corrected chi connectivity index (χ4v) is 3.29. The molecule has 1 aliphatic carbocycles. The third-order valence-corrected chi connectivity index (χ3v) is 4.50. The highest BCUT2D eigenvalue weighted by atomic mass is 79.9. The lowest BCUT2D eigenvalue weighted by Gasteiger charge is -2.16. The van der Waals surface area contributed by atoms with E-state index in [9.17, 15) is 9.59 Å². The van der Waals surface area contributed by atoms with Gasteiger partial charge in [-0.3, -0.25) is 9.59 Å². The average Bonchev–Trinajstić information content (AvgIpc) is 2.70. The van der Waals surface area contributed by atoms with Crippen LogP contribution in [0.3, 0.4) is 0 Å². The van der Waals surface area contributed by atoms with Gasteiger partial charge in [0.1, 0.15) is 6.42 Å². The fraction of sp³-hybridized carbons (Fsp3) is 0.529. The van der Waals surface area contributed by atoms with Gasteiger partial charge in [-0.1, -0.05) is 41.6 Å². The summed E-state index contributed by atoms with van der Waals surface area (Å²) in [4.78, 5) is 24.0. The van der Waals surface area contributed by atoms with Crippen LogP contribution >= 0.6 is 15.9 Å². The number of halogens is 1. The van der Waals surface area contributed by atoms with Crippen molar-refractivity contribution in [3.8, 4) is 0 Å². The largest absolute Gasteiger partial charge is 0.353 e. The second-order valence-electron chi connectivity index (χ2n) is 5.94. The van der Waals surface area contributed by atoms with Crippen LogP contribution in [0, 0.1) is 6.92 Å². The first-order chi connectivity index (χ1) is 10.5. The van der Waals surface area contributed by atoms with Gasteiger partial charge in [0.25, 0.3) is 0 Å². The summed E-state index contributed by atoms with van der Waals surface area (Å²) in [6.07, 6.45) is 6.75. The molecule has 1 aromatic carbocycles.